The van der Waals surface area contributed by atoms with Crippen molar-refractivity contribution in [3.05, 3.63) is 58.0 Å². The Morgan fingerprint density at radius 2 is 1.97 bits per heavy atom. The number of hydrogen-bond donors (Lipinski definition) is 4. The van der Waals surface area contributed by atoms with Gasteiger partial charge in [-0.1, -0.05) is 20.8 Å². The molecule has 0 radical (unpaired) electrons. The molecule has 36 heavy (non-hydrogen) atoms. The number of amidine groups is 1. The Morgan fingerprint density at radius 1 is 1.33 bits per heavy atom. The smallest absolute Gasteiger partial charge is 0.417 e. The number of amides is 1. The van der Waals surface area contributed by atoms with Gasteiger partial charge in [-0.2, -0.15) is 13.2 Å². The third-order valence-electron chi connectivity index (χ3n) is 5.18. The third-order valence-corrected chi connectivity index (χ3v) is 5.62. The molecule has 0 aliphatic carbocycles. The van der Waals surface area contributed by atoms with Gasteiger partial charge in [0.1, 0.15) is 17.6 Å². The molecule has 1 aromatic carbocycles. The van der Waals surface area contributed by atoms with Crippen LogP contribution in [0.2, 0.25) is 0 Å². The van der Waals surface area contributed by atoms with Crippen molar-refractivity contribution in [3.8, 4) is 5.75 Å². The van der Waals surface area contributed by atoms with Crippen LogP contribution in [0.3, 0.4) is 0 Å². The van der Waals surface area contributed by atoms with E-state index in [-0.39, 0.29) is 23.1 Å². The molecule has 0 fully saturated rings. The molecule has 1 amide bonds. The molecule has 198 valence electrons. The highest BCUT2D eigenvalue weighted by Crippen LogP contribution is 2.40. The van der Waals surface area contributed by atoms with Gasteiger partial charge in [-0.3, -0.25) is 9.79 Å². The predicted octanol–water partition coefficient (Wildman–Crippen LogP) is 4.81. The number of hydrogen-bond acceptors (Lipinski definition) is 6. The second-order valence-electron chi connectivity index (χ2n) is 8.39. The molecule has 2 rings (SSSR count). The lowest BCUT2D eigenvalue weighted by Gasteiger charge is -2.20. The molecule has 2 atom stereocenters. The minimum Gasteiger partial charge on any atom is -0.505 e. The SMILES string of the molecule is CC[C@@H](N=C(N)/C(=C\S(=O)O)Nc1ccc(C(F)(F)F)c(C(=O)N(C)C)c1O)c1cc(C(C)C)co1. The summed E-state index contributed by atoms with van der Waals surface area (Å²) in [7, 11) is 2.47. The number of anilines is 1. The Labute approximate surface area is 209 Å². The van der Waals surface area contributed by atoms with Crippen LogP contribution in [0, 0.1) is 0 Å². The van der Waals surface area contributed by atoms with Crippen LogP contribution >= 0.6 is 0 Å². The summed E-state index contributed by atoms with van der Waals surface area (Å²) < 4.78 is 67.1. The summed E-state index contributed by atoms with van der Waals surface area (Å²) in [5.74, 6) is -1.66. The van der Waals surface area contributed by atoms with Gasteiger partial charge in [0.05, 0.1) is 34.2 Å². The molecule has 1 heterocycles. The molecule has 1 aromatic heterocycles. The molecule has 0 bridgehead atoms. The molecular weight excluding hydrogens is 501 g/mol. The first-order valence-corrected chi connectivity index (χ1v) is 12.0. The Morgan fingerprint density at radius 3 is 2.44 bits per heavy atom. The Hall–Kier alpha value is -3.32. The lowest BCUT2D eigenvalue weighted by Crippen LogP contribution is -2.26. The maximum atomic E-state index is 13.5. The van der Waals surface area contributed by atoms with E-state index in [1.807, 2.05) is 26.8 Å². The van der Waals surface area contributed by atoms with Gasteiger partial charge in [-0.05, 0) is 36.1 Å². The highest BCUT2D eigenvalue weighted by atomic mass is 32.2. The summed E-state index contributed by atoms with van der Waals surface area (Å²) in [5.41, 5.74) is 4.09. The minimum atomic E-state index is -4.92. The van der Waals surface area contributed by atoms with Crippen LogP contribution in [0.1, 0.15) is 66.4 Å². The summed E-state index contributed by atoms with van der Waals surface area (Å²) in [5, 5.41) is 13.9. The number of phenolic OH excluding ortho intramolecular Hbond substituents is 1. The molecule has 0 saturated carbocycles. The van der Waals surface area contributed by atoms with Crippen molar-refractivity contribution in [1.82, 2.24) is 4.90 Å². The van der Waals surface area contributed by atoms with E-state index >= 15 is 0 Å². The third kappa shape index (κ3) is 6.88. The van der Waals surface area contributed by atoms with E-state index in [0.29, 0.717) is 18.2 Å². The number of alkyl halides is 3. The topological polar surface area (TPSA) is 141 Å². The van der Waals surface area contributed by atoms with Crippen LogP contribution in [-0.2, 0) is 17.3 Å². The molecule has 0 aliphatic heterocycles. The van der Waals surface area contributed by atoms with Gasteiger partial charge in [0.15, 0.2) is 16.8 Å². The summed E-state index contributed by atoms with van der Waals surface area (Å²) in [6.45, 7) is 5.79. The Balaban J connectivity index is 2.55. The van der Waals surface area contributed by atoms with Crippen LogP contribution in [0.5, 0.6) is 5.75 Å². The largest absolute Gasteiger partial charge is 0.505 e. The summed E-state index contributed by atoms with van der Waals surface area (Å²) in [6, 6.07) is 2.74. The molecular formula is C23H29F3N4O5S. The number of nitrogens with two attached hydrogens (primary N) is 1. The average Bonchev–Trinajstić information content (AvgIpc) is 3.26. The number of furan rings is 1. The van der Waals surface area contributed by atoms with E-state index in [0.717, 1.165) is 21.9 Å². The highest BCUT2D eigenvalue weighted by molar-refractivity contribution is 7.82. The summed E-state index contributed by atoms with van der Waals surface area (Å²) in [6.07, 6.45) is -2.88. The number of benzene rings is 1. The first kappa shape index (κ1) is 28.9. The highest BCUT2D eigenvalue weighted by Gasteiger charge is 2.38. The van der Waals surface area contributed by atoms with Gasteiger partial charge in [-0.15, -0.1) is 0 Å². The predicted molar refractivity (Wildman–Crippen MR) is 131 cm³/mol. The number of nitrogens with zero attached hydrogens (tertiary/aromatic N) is 2. The van der Waals surface area contributed by atoms with Crippen LogP contribution < -0.4 is 11.1 Å². The molecule has 5 N–H and O–H groups in total. The monoisotopic (exact) mass is 530 g/mol. The van der Waals surface area contributed by atoms with Crippen molar-refractivity contribution in [2.45, 2.75) is 45.3 Å². The van der Waals surface area contributed by atoms with E-state index in [1.54, 1.807) is 6.26 Å². The molecule has 9 nitrogen and oxygen atoms in total. The standard InChI is InChI=1S/C23H29F3N4O5S/c1-6-15(18-9-13(10-35-18)12(2)3)29-21(27)17(11-36(33)34)28-16-8-7-14(23(24,25)26)19(20(16)31)22(32)30(4)5/h7-12,15,28,31H,6H2,1-5H3,(H2,27,29)(H,33,34)/b17-11+/t15-/m1/s1. The molecule has 1 unspecified atom stereocenters. The average molecular weight is 531 g/mol. The zero-order valence-corrected chi connectivity index (χ0v) is 21.2. The number of nitrogens with one attached hydrogen (secondary N) is 1. The van der Waals surface area contributed by atoms with E-state index < -0.39 is 46.1 Å². The molecule has 0 saturated heterocycles. The number of carbonyl (C=O) groups is 1. The number of rotatable bonds is 9. The fourth-order valence-corrected chi connectivity index (χ4v) is 3.59. The number of carbonyl (C=O) groups excluding carboxylic acids is 1. The van der Waals surface area contributed by atoms with Crippen molar-refractivity contribution in [2.24, 2.45) is 10.7 Å². The van der Waals surface area contributed by atoms with E-state index in [9.17, 15) is 31.8 Å². The van der Waals surface area contributed by atoms with Gasteiger partial charge in [0, 0.05) is 14.1 Å². The van der Waals surface area contributed by atoms with Crippen molar-refractivity contribution < 1.29 is 36.3 Å². The summed E-state index contributed by atoms with van der Waals surface area (Å²) in [4.78, 5) is 17.7. The van der Waals surface area contributed by atoms with Crippen LogP contribution in [0.15, 0.2) is 45.0 Å². The molecule has 13 heteroatoms. The van der Waals surface area contributed by atoms with E-state index in [1.165, 1.54) is 14.1 Å². The lowest BCUT2D eigenvalue weighted by molar-refractivity contribution is -0.138. The van der Waals surface area contributed by atoms with Gasteiger partial charge >= 0.3 is 6.18 Å². The second-order valence-corrected chi connectivity index (χ2v) is 9.18. The summed E-state index contributed by atoms with van der Waals surface area (Å²) >= 11 is -2.55. The van der Waals surface area contributed by atoms with Crippen molar-refractivity contribution in [3.63, 3.8) is 0 Å². The Kier molecular flexibility index (Phi) is 9.32. The van der Waals surface area contributed by atoms with Crippen molar-refractivity contribution in [2.75, 3.05) is 19.4 Å². The fraction of sp³-hybridized carbons (Fsp3) is 0.391. The second kappa shape index (κ2) is 11.6. The maximum Gasteiger partial charge on any atom is 0.417 e. The van der Waals surface area contributed by atoms with Gasteiger partial charge in [0.25, 0.3) is 5.91 Å². The van der Waals surface area contributed by atoms with Gasteiger partial charge in [-0.25, -0.2) is 4.21 Å². The maximum absolute atomic E-state index is 13.5. The molecule has 0 aliphatic rings. The van der Waals surface area contributed by atoms with E-state index in [2.05, 4.69) is 10.3 Å². The number of aliphatic imine (C=N–C) groups is 1. The lowest BCUT2D eigenvalue weighted by atomic mass is 10.0. The molecule has 0 spiro atoms. The van der Waals surface area contributed by atoms with E-state index in [4.69, 9.17) is 10.2 Å². The Bertz CT molecular complexity index is 1190. The number of phenols is 1. The van der Waals surface area contributed by atoms with Crippen molar-refractivity contribution >= 4 is 28.5 Å². The zero-order valence-electron chi connectivity index (χ0n) is 20.4. The zero-order chi connectivity index (χ0) is 27.4. The fourth-order valence-electron chi connectivity index (χ4n) is 3.21. The minimum absolute atomic E-state index is 0.206. The van der Waals surface area contributed by atoms with Crippen LogP contribution in [0.4, 0.5) is 18.9 Å². The van der Waals surface area contributed by atoms with Crippen molar-refractivity contribution in [1.29, 1.82) is 0 Å². The van der Waals surface area contributed by atoms with Crippen LogP contribution in [-0.4, -0.2) is 44.6 Å². The number of halogens is 3. The first-order valence-electron chi connectivity index (χ1n) is 10.8. The van der Waals surface area contributed by atoms with Gasteiger partial charge < -0.3 is 30.0 Å². The quantitative estimate of drug-likeness (QED) is 0.158. The number of aromatic hydroxyl groups is 1. The first-order chi connectivity index (χ1) is 16.7. The molecule has 2 aromatic rings. The van der Waals surface area contributed by atoms with Crippen LogP contribution in [0.25, 0.3) is 0 Å². The normalized spacial score (nSPS) is 14.6. The van der Waals surface area contributed by atoms with Gasteiger partial charge in [0.2, 0.25) is 0 Å².